The molecular formula is C17H21Cl2N3O2. The molecule has 0 bridgehead atoms. The van der Waals surface area contributed by atoms with E-state index in [-0.39, 0.29) is 36.8 Å². The van der Waals surface area contributed by atoms with Crippen molar-refractivity contribution in [1.29, 1.82) is 0 Å². The topological polar surface area (TPSA) is 54.5 Å². The van der Waals surface area contributed by atoms with Gasteiger partial charge in [-0.25, -0.2) is 0 Å². The minimum atomic E-state index is 0. The zero-order valence-electron chi connectivity index (χ0n) is 13.1. The molecule has 0 saturated carbocycles. The molecule has 7 heteroatoms. The first kappa shape index (κ1) is 20.2. The first-order valence-electron chi connectivity index (χ1n) is 7.44. The van der Waals surface area contributed by atoms with Crippen LogP contribution in [0.15, 0.2) is 54.9 Å². The normalized spacial score (nSPS) is 16.5. The smallest absolute Gasteiger partial charge is 0.254 e. The number of nitrogens with zero attached hydrogens (tertiary/aromatic N) is 2. The number of pyridine rings is 1. The Hall–Kier alpha value is -1.82. The number of benzene rings is 1. The molecule has 1 fully saturated rings. The molecule has 130 valence electrons. The average molecular weight is 370 g/mol. The summed E-state index contributed by atoms with van der Waals surface area (Å²) in [5.41, 5.74) is 0.718. The Labute approximate surface area is 154 Å². The van der Waals surface area contributed by atoms with Crippen molar-refractivity contribution in [3.05, 3.63) is 60.4 Å². The summed E-state index contributed by atoms with van der Waals surface area (Å²) in [5.74, 6) is 0.780. The third-order valence-corrected chi connectivity index (χ3v) is 3.71. The van der Waals surface area contributed by atoms with E-state index in [1.54, 1.807) is 12.4 Å². The molecule has 3 rings (SSSR count). The molecule has 1 N–H and O–H groups in total. The third kappa shape index (κ3) is 5.09. The van der Waals surface area contributed by atoms with E-state index < -0.39 is 0 Å². The van der Waals surface area contributed by atoms with Crippen molar-refractivity contribution < 1.29 is 9.53 Å². The number of piperazine rings is 1. The Morgan fingerprint density at radius 2 is 2.00 bits per heavy atom. The summed E-state index contributed by atoms with van der Waals surface area (Å²) in [7, 11) is 0. The van der Waals surface area contributed by atoms with Crippen LogP contribution in [0.4, 0.5) is 0 Å². The van der Waals surface area contributed by atoms with Crippen LogP contribution >= 0.6 is 24.8 Å². The van der Waals surface area contributed by atoms with Crippen LogP contribution in [0, 0.1) is 0 Å². The maximum Gasteiger partial charge on any atom is 0.254 e. The highest BCUT2D eigenvalue weighted by Crippen LogP contribution is 2.13. The van der Waals surface area contributed by atoms with Crippen LogP contribution in [0.1, 0.15) is 10.4 Å². The van der Waals surface area contributed by atoms with Crippen LogP contribution in [0.5, 0.6) is 5.75 Å². The van der Waals surface area contributed by atoms with Crippen molar-refractivity contribution >= 4 is 30.7 Å². The van der Waals surface area contributed by atoms with Crippen molar-refractivity contribution in [1.82, 2.24) is 15.2 Å². The van der Waals surface area contributed by atoms with Gasteiger partial charge in [0.1, 0.15) is 12.4 Å². The highest BCUT2D eigenvalue weighted by Gasteiger charge is 2.27. The molecule has 0 radical (unpaired) electrons. The van der Waals surface area contributed by atoms with Crippen LogP contribution in [0.2, 0.25) is 0 Å². The predicted octanol–water partition coefficient (Wildman–Crippen LogP) is 2.42. The third-order valence-electron chi connectivity index (χ3n) is 3.71. The van der Waals surface area contributed by atoms with E-state index in [0.29, 0.717) is 13.2 Å². The second kappa shape index (κ2) is 10.1. The van der Waals surface area contributed by atoms with E-state index in [9.17, 15) is 4.79 Å². The molecule has 1 aliphatic rings. The van der Waals surface area contributed by atoms with Gasteiger partial charge in [-0.15, -0.1) is 24.8 Å². The highest BCUT2D eigenvalue weighted by molar-refractivity contribution is 5.94. The van der Waals surface area contributed by atoms with Gasteiger partial charge in [0.05, 0.1) is 12.2 Å². The van der Waals surface area contributed by atoms with Gasteiger partial charge in [-0.2, -0.15) is 0 Å². The van der Waals surface area contributed by atoms with Gasteiger partial charge < -0.3 is 15.0 Å². The van der Waals surface area contributed by atoms with Gasteiger partial charge in [-0.1, -0.05) is 18.2 Å². The number of carbonyl (C=O) groups is 1. The monoisotopic (exact) mass is 369 g/mol. The number of halogens is 2. The number of carbonyl (C=O) groups excluding carboxylic acids is 1. The standard InChI is InChI=1S/C17H19N3O2.2ClH/c21-17(14-5-2-1-3-6-14)20-10-9-19-11-15(20)13-22-16-7-4-8-18-12-16;;/h1-8,12,15,19H,9-11,13H2;2*1H. The summed E-state index contributed by atoms with van der Waals surface area (Å²) in [4.78, 5) is 18.6. The number of aromatic nitrogens is 1. The largest absolute Gasteiger partial charge is 0.490 e. The number of amides is 1. The molecule has 1 aromatic heterocycles. The molecule has 1 aromatic carbocycles. The quantitative estimate of drug-likeness (QED) is 0.898. The van der Waals surface area contributed by atoms with Crippen molar-refractivity contribution in [2.75, 3.05) is 26.2 Å². The average Bonchev–Trinajstić information content (AvgIpc) is 2.61. The SMILES string of the molecule is Cl.Cl.O=C(c1ccccc1)N1CCNCC1COc1cccnc1. The molecule has 1 aliphatic heterocycles. The maximum atomic E-state index is 12.7. The van der Waals surface area contributed by atoms with E-state index in [1.807, 2.05) is 47.4 Å². The number of hydrogen-bond acceptors (Lipinski definition) is 4. The summed E-state index contributed by atoms with van der Waals surface area (Å²) in [5, 5.41) is 3.32. The number of nitrogens with one attached hydrogen (secondary N) is 1. The van der Waals surface area contributed by atoms with E-state index in [4.69, 9.17) is 4.74 Å². The van der Waals surface area contributed by atoms with Crippen LogP contribution in [0.25, 0.3) is 0 Å². The Morgan fingerprint density at radius 3 is 2.71 bits per heavy atom. The molecule has 1 saturated heterocycles. The first-order valence-corrected chi connectivity index (χ1v) is 7.44. The predicted molar refractivity (Wildman–Crippen MR) is 98.4 cm³/mol. The summed E-state index contributed by atoms with van der Waals surface area (Å²) < 4.78 is 5.77. The highest BCUT2D eigenvalue weighted by atomic mass is 35.5. The number of hydrogen-bond donors (Lipinski definition) is 1. The van der Waals surface area contributed by atoms with E-state index in [0.717, 1.165) is 24.4 Å². The van der Waals surface area contributed by atoms with Gasteiger partial charge in [-0.05, 0) is 24.3 Å². The molecule has 0 aliphatic carbocycles. The van der Waals surface area contributed by atoms with E-state index >= 15 is 0 Å². The second-order valence-electron chi connectivity index (χ2n) is 5.22. The molecule has 1 unspecified atom stereocenters. The number of ether oxygens (including phenoxy) is 1. The summed E-state index contributed by atoms with van der Waals surface area (Å²) >= 11 is 0. The molecule has 5 nitrogen and oxygen atoms in total. The molecular weight excluding hydrogens is 349 g/mol. The minimum absolute atomic E-state index is 0. The lowest BCUT2D eigenvalue weighted by atomic mass is 10.1. The van der Waals surface area contributed by atoms with Crippen LogP contribution in [-0.2, 0) is 0 Å². The Morgan fingerprint density at radius 1 is 1.21 bits per heavy atom. The van der Waals surface area contributed by atoms with E-state index in [2.05, 4.69) is 10.3 Å². The van der Waals surface area contributed by atoms with Gasteiger partial charge in [0.2, 0.25) is 0 Å². The van der Waals surface area contributed by atoms with Crippen LogP contribution in [0.3, 0.4) is 0 Å². The minimum Gasteiger partial charge on any atom is -0.490 e. The van der Waals surface area contributed by atoms with Gasteiger partial charge in [0.25, 0.3) is 5.91 Å². The molecule has 24 heavy (non-hydrogen) atoms. The Bertz CT molecular complexity index is 614. The van der Waals surface area contributed by atoms with Crippen molar-refractivity contribution in [2.24, 2.45) is 0 Å². The van der Waals surface area contributed by atoms with Crippen molar-refractivity contribution in [3.63, 3.8) is 0 Å². The van der Waals surface area contributed by atoms with E-state index in [1.165, 1.54) is 0 Å². The lowest BCUT2D eigenvalue weighted by Gasteiger charge is -2.36. The van der Waals surface area contributed by atoms with Gasteiger partial charge in [0, 0.05) is 31.4 Å². The fourth-order valence-electron chi connectivity index (χ4n) is 2.55. The Balaban J connectivity index is 0.00000144. The fourth-order valence-corrected chi connectivity index (χ4v) is 2.55. The lowest BCUT2D eigenvalue weighted by molar-refractivity contribution is 0.0559. The lowest BCUT2D eigenvalue weighted by Crippen LogP contribution is -2.55. The second-order valence-corrected chi connectivity index (χ2v) is 5.22. The van der Waals surface area contributed by atoms with Gasteiger partial charge in [0.15, 0.2) is 0 Å². The maximum absolute atomic E-state index is 12.7. The molecule has 1 amide bonds. The van der Waals surface area contributed by atoms with Gasteiger partial charge in [-0.3, -0.25) is 9.78 Å². The summed E-state index contributed by atoms with van der Waals surface area (Å²) in [6.07, 6.45) is 3.39. The molecule has 1 atom stereocenters. The van der Waals surface area contributed by atoms with Crippen LogP contribution in [-0.4, -0.2) is 48.1 Å². The van der Waals surface area contributed by atoms with Crippen molar-refractivity contribution in [2.45, 2.75) is 6.04 Å². The van der Waals surface area contributed by atoms with Crippen molar-refractivity contribution in [3.8, 4) is 5.75 Å². The number of rotatable bonds is 4. The molecule has 0 spiro atoms. The summed E-state index contributed by atoms with van der Waals surface area (Å²) in [6, 6.07) is 13.1. The fraction of sp³-hybridized carbons (Fsp3) is 0.294. The van der Waals surface area contributed by atoms with Gasteiger partial charge >= 0.3 is 0 Å². The molecule has 2 heterocycles. The Kier molecular flexibility index (Phi) is 8.54. The van der Waals surface area contributed by atoms with Crippen LogP contribution < -0.4 is 10.1 Å². The zero-order valence-corrected chi connectivity index (χ0v) is 14.8. The summed E-state index contributed by atoms with van der Waals surface area (Å²) in [6.45, 7) is 2.69. The first-order chi connectivity index (χ1) is 10.8. The molecule has 2 aromatic rings. The zero-order chi connectivity index (χ0) is 15.2.